The molecular weight excluding hydrogens is 809 g/mol. The van der Waals surface area contributed by atoms with Crippen LogP contribution in [-0.2, 0) is 59.2 Å². The van der Waals surface area contributed by atoms with E-state index in [1.165, 1.54) is 7.11 Å². The summed E-state index contributed by atoms with van der Waals surface area (Å²) in [6.45, 7) is 7.68. The molecule has 0 aliphatic carbocycles. The van der Waals surface area contributed by atoms with Crippen molar-refractivity contribution in [3.63, 3.8) is 0 Å². The van der Waals surface area contributed by atoms with Gasteiger partial charge in [-0.1, -0.05) is 149 Å². The predicted octanol–water partition coefficient (Wildman–Crippen LogP) is 4.75. The van der Waals surface area contributed by atoms with Crippen LogP contribution in [0.3, 0.4) is 0 Å². The molecule has 7 N–H and O–H groups in total. The van der Waals surface area contributed by atoms with Crippen LogP contribution in [0.1, 0.15) is 75.6 Å². The zero-order valence-corrected chi connectivity index (χ0v) is 37.8. The molecule has 4 aromatic carbocycles. The van der Waals surface area contributed by atoms with Crippen LogP contribution in [0.5, 0.6) is 0 Å². The second kappa shape index (κ2) is 26.3. The van der Waals surface area contributed by atoms with E-state index in [1.54, 1.807) is 0 Å². The van der Waals surface area contributed by atoms with Gasteiger partial charge in [-0.05, 0) is 72.6 Å². The van der Waals surface area contributed by atoms with Crippen molar-refractivity contribution in [2.75, 3.05) is 7.11 Å². The third-order valence-corrected chi connectivity index (χ3v) is 10.8. The van der Waals surface area contributed by atoms with Gasteiger partial charge in [0.05, 0.1) is 13.2 Å². The number of rotatable bonds is 25. The van der Waals surface area contributed by atoms with Gasteiger partial charge in [0.2, 0.25) is 29.5 Å². The summed E-state index contributed by atoms with van der Waals surface area (Å²) in [5.41, 5.74) is 9.84. The Kier molecular flexibility index (Phi) is 20.7. The Morgan fingerprint density at radius 3 is 1.20 bits per heavy atom. The van der Waals surface area contributed by atoms with Crippen LogP contribution in [0.4, 0.5) is 0 Å². The van der Waals surface area contributed by atoms with E-state index >= 15 is 0 Å². The van der Waals surface area contributed by atoms with Gasteiger partial charge in [0.15, 0.2) is 0 Å². The lowest BCUT2D eigenvalue weighted by Gasteiger charge is -2.28. The molecule has 4 rings (SSSR count). The molecule has 342 valence electrons. The van der Waals surface area contributed by atoms with Gasteiger partial charge in [-0.15, -0.1) is 0 Å². The van der Waals surface area contributed by atoms with Crippen LogP contribution in [-0.4, -0.2) is 78.9 Å². The first-order chi connectivity index (χ1) is 30.7. The van der Waals surface area contributed by atoms with Crippen molar-refractivity contribution in [3.05, 3.63) is 144 Å². The molecule has 0 spiro atoms. The molecule has 0 fully saturated rings. The van der Waals surface area contributed by atoms with Crippen LogP contribution in [0, 0.1) is 11.8 Å². The summed E-state index contributed by atoms with van der Waals surface area (Å²) >= 11 is 0. The summed E-state index contributed by atoms with van der Waals surface area (Å²) in [4.78, 5) is 83.2. The smallest absolute Gasteiger partial charge is 0.328 e. The van der Waals surface area contributed by atoms with Gasteiger partial charge in [-0.25, -0.2) is 4.79 Å². The number of ether oxygens (including phenoxy) is 1. The van der Waals surface area contributed by atoms with Crippen molar-refractivity contribution in [1.29, 1.82) is 0 Å². The summed E-state index contributed by atoms with van der Waals surface area (Å²) < 4.78 is 5.02. The summed E-state index contributed by atoms with van der Waals surface area (Å²) in [7, 11) is 1.25. The topological polar surface area (TPSA) is 198 Å². The Balaban J connectivity index is 1.57. The highest BCUT2D eigenvalue weighted by atomic mass is 16.5. The monoisotopic (exact) mass is 874 g/mol. The van der Waals surface area contributed by atoms with E-state index in [4.69, 9.17) is 10.5 Å². The van der Waals surface area contributed by atoms with Crippen molar-refractivity contribution in [3.8, 4) is 0 Å². The lowest BCUT2D eigenvalue weighted by atomic mass is 9.99. The normalized spacial score (nSPS) is 13.9. The molecule has 5 amide bonds. The summed E-state index contributed by atoms with van der Waals surface area (Å²) in [5, 5.41) is 14.3. The number of esters is 1. The molecule has 13 heteroatoms. The lowest BCUT2D eigenvalue weighted by Crippen LogP contribution is -2.60. The SMILES string of the molecule is COC(=O)[C@H](Cc1ccccc1)NC(=O)[C@H](CC(C)C)NC(=O)[C@H](CCc1ccccc1)NC(=O)[C@H](Cc1ccccc1)NC(=O)[C@H](CC(C)C)NC(=O)[C@@H](N)CCc1ccccc1. The molecule has 0 heterocycles. The molecule has 6 atom stereocenters. The minimum absolute atomic E-state index is 0.00118. The molecular formula is C51H66N6O7. The first-order valence-corrected chi connectivity index (χ1v) is 22.2. The summed E-state index contributed by atoms with van der Waals surface area (Å²) in [6, 6.07) is 31.3. The fourth-order valence-electron chi connectivity index (χ4n) is 7.34. The minimum Gasteiger partial charge on any atom is -0.467 e. The summed E-state index contributed by atoms with van der Waals surface area (Å²) in [5.74, 6) is -3.52. The van der Waals surface area contributed by atoms with E-state index in [0.29, 0.717) is 19.3 Å². The zero-order chi connectivity index (χ0) is 46.4. The molecule has 0 aliphatic heterocycles. The Hall–Kier alpha value is -6.34. The van der Waals surface area contributed by atoms with Crippen LogP contribution in [0.2, 0.25) is 0 Å². The number of amides is 5. The highest BCUT2D eigenvalue weighted by Gasteiger charge is 2.34. The number of nitrogens with two attached hydrogens (primary N) is 1. The minimum atomic E-state index is -1.16. The van der Waals surface area contributed by atoms with Crippen molar-refractivity contribution in [2.45, 2.75) is 115 Å². The Morgan fingerprint density at radius 2 is 0.766 bits per heavy atom. The third-order valence-electron chi connectivity index (χ3n) is 10.8. The van der Waals surface area contributed by atoms with Crippen molar-refractivity contribution < 1.29 is 33.5 Å². The molecule has 0 bridgehead atoms. The van der Waals surface area contributed by atoms with Gasteiger partial charge in [-0.2, -0.15) is 0 Å². The highest BCUT2D eigenvalue weighted by Crippen LogP contribution is 2.14. The molecule has 4 aromatic rings. The predicted molar refractivity (Wildman–Crippen MR) is 248 cm³/mol. The second-order valence-electron chi connectivity index (χ2n) is 17.1. The van der Waals surface area contributed by atoms with Crippen LogP contribution >= 0.6 is 0 Å². The van der Waals surface area contributed by atoms with E-state index in [9.17, 15) is 28.8 Å². The number of carbonyl (C=O) groups is 6. The van der Waals surface area contributed by atoms with E-state index in [2.05, 4.69) is 26.6 Å². The number of hydrogen-bond acceptors (Lipinski definition) is 8. The van der Waals surface area contributed by atoms with Crippen molar-refractivity contribution in [1.82, 2.24) is 26.6 Å². The van der Waals surface area contributed by atoms with E-state index in [1.807, 2.05) is 149 Å². The van der Waals surface area contributed by atoms with Gasteiger partial charge in [-0.3, -0.25) is 24.0 Å². The quantitative estimate of drug-likeness (QED) is 0.0513. The number of benzene rings is 4. The Bertz CT molecular complexity index is 2070. The fraction of sp³-hybridized carbons (Fsp3) is 0.412. The molecule has 13 nitrogen and oxygen atoms in total. The number of hydrogen-bond donors (Lipinski definition) is 6. The van der Waals surface area contributed by atoms with Gasteiger partial charge in [0.1, 0.15) is 30.2 Å². The molecule has 0 saturated carbocycles. The van der Waals surface area contributed by atoms with E-state index in [-0.39, 0.29) is 43.9 Å². The fourth-order valence-corrected chi connectivity index (χ4v) is 7.34. The molecule has 64 heavy (non-hydrogen) atoms. The lowest BCUT2D eigenvalue weighted by molar-refractivity contribution is -0.145. The van der Waals surface area contributed by atoms with Gasteiger partial charge >= 0.3 is 5.97 Å². The largest absolute Gasteiger partial charge is 0.467 e. The first-order valence-electron chi connectivity index (χ1n) is 22.2. The second-order valence-corrected chi connectivity index (χ2v) is 17.1. The molecule has 0 unspecified atom stereocenters. The molecule has 0 radical (unpaired) electrons. The average Bonchev–Trinajstić information content (AvgIpc) is 3.29. The van der Waals surface area contributed by atoms with Crippen molar-refractivity contribution in [2.24, 2.45) is 17.6 Å². The van der Waals surface area contributed by atoms with Crippen LogP contribution < -0.4 is 32.3 Å². The highest BCUT2D eigenvalue weighted by molar-refractivity contribution is 5.96. The van der Waals surface area contributed by atoms with Crippen LogP contribution in [0.25, 0.3) is 0 Å². The standard InChI is InChI=1S/C51H66N6O7/c1-34(2)30-42(54-46(58)40(52)28-26-36-18-10-6-11-19-36)48(60)56-44(32-38-22-14-8-15-23-38)50(62)53-41(29-27-37-20-12-7-13-21-37)47(59)55-43(31-35(3)4)49(61)57-45(51(63)64-5)33-39-24-16-9-17-25-39/h6-25,34-35,40-45H,26-33,52H2,1-5H3,(H,53,62)(H,54,58)(H,55,59)(H,56,60)(H,57,61)/t40-,41-,42-,43-,44-,45-/m0/s1. The molecule has 0 aliphatic rings. The Morgan fingerprint density at radius 1 is 0.438 bits per heavy atom. The Labute approximate surface area is 378 Å². The number of methoxy groups -OCH3 is 1. The number of aryl methyl sites for hydroxylation is 2. The van der Waals surface area contributed by atoms with Crippen molar-refractivity contribution >= 4 is 35.5 Å². The van der Waals surface area contributed by atoms with Gasteiger partial charge < -0.3 is 37.1 Å². The maximum Gasteiger partial charge on any atom is 0.328 e. The number of nitrogens with one attached hydrogen (secondary N) is 5. The number of carbonyl (C=O) groups excluding carboxylic acids is 6. The maximum absolute atomic E-state index is 14.5. The zero-order valence-electron chi connectivity index (χ0n) is 37.8. The van der Waals surface area contributed by atoms with Gasteiger partial charge in [0.25, 0.3) is 0 Å². The van der Waals surface area contributed by atoms with E-state index < -0.39 is 71.8 Å². The summed E-state index contributed by atoms with van der Waals surface area (Å²) in [6.07, 6.45) is 2.30. The average molecular weight is 875 g/mol. The maximum atomic E-state index is 14.5. The molecule has 0 aromatic heterocycles. The molecule has 0 saturated heterocycles. The van der Waals surface area contributed by atoms with Gasteiger partial charge in [0, 0.05) is 12.8 Å². The van der Waals surface area contributed by atoms with Crippen LogP contribution in [0.15, 0.2) is 121 Å². The third kappa shape index (κ3) is 17.4. The first kappa shape index (κ1) is 50.3. The van der Waals surface area contributed by atoms with E-state index in [0.717, 1.165) is 22.3 Å².